The molecule has 140 valence electrons. The maximum Gasteiger partial charge on any atom is 0.327 e. The molecule has 6 nitrogen and oxygen atoms in total. The minimum Gasteiger partial charge on any atom is -0.480 e. The summed E-state index contributed by atoms with van der Waals surface area (Å²) in [6.45, 7) is 7.48. The molecule has 0 aromatic carbocycles. The van der Waals surface area contributed by atoms with Crippen molar-refractivity contribution in [3.05, 3.63) is 48.8 Å². The van der Waals surface area contributed by atoms with Crippen LogP contribution in [0.4, 0.5) is 0 Å². The number of nitrogens with zero attached hydrogens (tertiary/aromatic N) is 2. The van der Waals surface area contributed by atoms with Crippen LogP contribution in [0.5, 0.6) is 0 Å². The Kier molecular flexibility index (Phi) is 7.59. The second-order valence-electron chi connectivity index (χ2n) is 5.73. The Morgan fingerprint density at radius 3 is 2.62 bits per heavy atom. The van der Waals surface area contributed by atoms with E-state index in [-0.39, 0.29) is 12.5 Å². The topological polar surface area (TPSA) is 79.6 Å². The Morgan fingerprint density at radius 2 is 2.00 bits per heavy atom. The van der Waals surface area contributed by atoms with Gasteiger partial charge in [-0.1, -0.05) is 12.2 Å². The first-order chi connectivity index (χ1) is 12.5. The summed E-state index contributed by atoms with van der Waals surface area (Å²) in [6.07, 6.45) is 4.18. The fraction of sp³-hybridized carbons (Fsp3) is 0.389. The van der Waals surface area contributed by atoms with E-state index in [0.29, 0.717) is 28.7 Å². The number of amides is 1. The maximum atomic E-state index is 13.1. The molecule has 0 aliphatic carbocycles. The summed E-state index contributed by atoms with van der Waals surface area (Å²) in [5.74, 6) is 0.754. The Labute approximate surface area is 161 Å². The van der Waals surface area contributed by atoms with E-state index in [1.165, 1.54) is 28.4 Å². The lowest BCUT2D eigenvalue weighted by molar-refractivity contribution is -0.152. The van der Waals surface area contributed by atoms with Crippen molar-refractivity contribution >= 4 is 41.7 Å². The van der Waals surface area contributed by atoms with Gasteiger partial charge >= 0.3 is 5.97 Å². The minimum absolute atomic E-state index is 0.181. The first-order valence-electron chi connectivity index (χ1n) is 8.11. The third kappa shape index (κ3) is 4.42. The van der Waals surface area contributed by atoms with Crippen LogP contribution in [-0.2, 0) is 16.1 Å². The molecule has 0 saturated carbocycles. The molecule has 2 atom stereocenters. The summed E-state index contributed by atoms with van der Waals surface area (Å²) in [4.78, 5) is 37.6. The van der Waals surface area contributed by atoms with Crippen molar-refractivity contribution in [1.82, 2.24) is 9.47 Å². The molecule has 2 rings (SSSR count). The molecular formula is C18H22N2O4S2. The quantitative estimate of drug-likeness (QED) is 0.353. The number of rotatable bonds is 11. The lowest BCUT2D eigenvalue weighted by Gasteiger charge is -2.38. The van der Waals surface area contributed by atoms with Crippen LogP contribution in [0.25, 0.3) is 0 Å². The van der Waals surface area contributed by atoms with Crippen molar-refractivity contribution in [2.45, 2.75) is 18.6 Å². The number of aromatic nitrogens is 1. The van der Waals surface area contributed by atoms with Crippen LogP contribution in [0.3, 0.4) is 0 Å². The van der Waals surface area contributed by atoms with Gasteiger partial charge in [-0.15, -0.1) is 13.2 Å². The van der Waals surface area contributed by atoms with Crippen molar-refractivity contribution in [2.75, 3.05) is 23.0 Å². The molecule has 1 unspecified atom stereocenters. The molecule has 0 spiro atoms. The molecule has 0 bridgehead atoms. The number of hydrogen-bond donors (Lipinski definition) is 1. The van der Waals surface area contributed by atoms with Crippen molar-refractivity contribution in [2.24, 2.45) is 0 Å². The van der Waals surface area contributed by atoms with E-state index in [4.69, 9.17) is 0 Å². The van der Waals surface area contributed by atoms with E-state index in [9.17, 15) is 19.5 Å². The highest BCUT2D eigenvalue weighted by Gasteiger charge is 2.39. The van der Waals surface area contributed by atoms with Crippen LogP contribution in [0.15, 0.2) is 37.4 Å². The Balaban J connectivity index is 2.32. The standard InChI is InChI=1S/C18H22N2O4S2/c1-3-7-25-11-15-17(22)19(16(18(23)24)12-26-8-4-2)9-13-5-6-14(10-21)20(13)15/h3-6,10,15-16H,1-2,7-9,11-12H2,(H,23,24)/t15-,16?/m1/s1. The van der Waals surface area contributed by atoms with Crippen LogP contribution in [-0.4, -0.2) is 61.8 Å². The average molecular weight is 395 g/mol. The van der Waals surface area contributed by atoms with Crippen molar-refractivity contribution in [1.29, 1.82) is 0 Å². The van der Waals surface area contributed by atoms with Crippen molar-refractivity contribution in [3.8, 4) is 0 Å². The van der Waals surface area contributed by atoms with Gasteiger partial charge in [-0.3, -0.25) is 9.59 Å². The van der Waals surface area contributed by atoms with Gasteiger partial charge in [0.25, 0.3) is 0 Å². The van der Waals surface area contributed by atoms with E-state index in [0.717, 1.165) is 12.0 Å². The number of aliphatic carboxylic acids is 1. The third-order valence-electron chi connectivity index (χ3n) is 4.05. The smallest absolute Gasteiger partial charge is 0.327 e. The number of fused-ring (bicyclic) bond motifs is 1. The zero-order valence-electron chi connectivity index (χ0n) is 14.4. The monoisotopic (exact) mass is 394 g/mol. The first-order valence-corrected chi connectivity index (χ1v) is 10.4. The average Bonchev–Trinajstić information content (AvgIpc) is 3.03. The van der Waals surface area contributed by atoms with E-state index >= 15 is 0 Å². The van der Waals surface area contributed by atoms with Gasteiger partial charge in [0.05, 0.1) is 12.2 Å². The van der Waals surface area contributed by atoms with E-state index in [2.05, 4.69) is 13.2 Å². The van der Waals surface area contributed by atoms with Gasteiger partial charge in [-0.05, 0) is 12.1 Å². The molecular weight excluding hydrogens is 372 g/mol. The van der Waals surface area contributed by atoms with Gasteiger partial charge in [-0.2, -0.15) is 23.5 Å². The van der Waals surface area contributed by atoms with Gasteiger partial charge in [0, 0.05) is 28.7 Å². The van der Waals surface area contributed by atoms with Crippen LogP contribution in [0, 0.1) is 0 Å². The summed E-state index contributed by atoms with van der Waals surface area (Å²) in [6, 6.07) is 1.95. The number of aldehydes is 1. The van der Waals surface area contributed by atoms with E-state index in [1.807, 2.05) is 0 Å². The van der Waals surface area contributed by atoms with Crippen LogP contribution in [0.1, 0.15) is 22.2 Å². The van der Waals surface area contributed by atoms with Gasteiger partial charge in [-0.25, -0.2) is 4.79 Å². The normalized spacial score (nSPS) is 17.5. The summed E-state index contributed by atoms with van der Waals surface area (Å²) < 4.78 is 1.73. The summed E-state index contributed by atoms with van der Waals surface area (Å²) >= 11 is 2.95. The highest BCUT2D eigenvalue weighted by Crippen LogP contribution is 2.30. The first kappa shape index (κ1) is 20.4. The van der Waals surface area contributed by atoms with Gasteiger partial charge < -0.3 is 14.6 Å². The zero-order valence-corrected chi connectivity index (χ0v) is 16.0. The van der Waals surface area contributed by atoms with Crippen LogP contribution < -0.4 is 0 Å². The molecule has 0 fully saturated rings. The van der Waals surface area contributed by atoms with Crippen LogP contribution >= 0.6 is 23.5 Å². The number of carboxylic acid groups (broad SMARTS) is 1. The second-order valence-corrected chi connectivity index (χ2v) is 7.88. The number of carbonyl (C=O) groups excluding carboxylic acids is 2. The molecule has 1 aliphatic rings. The number of hydrogen-bond acceptors (Lipinski definition) is 5. The Morgan fingerprint density at radius 1 is 1.31 bits per heavy atom. The Hall–Kier alpha value is -1.93. The van der Waals surface area contributed by atoms with Crippen molar-refractivity contribution in [3.63, 3.8) is 0 Å². The molecule has 1 amide bonds. The molecule has 1 N–H and O–H groups in total. The molecule has 2 heterocycles. The molecule has 1 aromatic heterocycles. The molecule has 1 aliphatic heterocycles. The lowest BCUT2D eigenvalue weighted by atomic mass is 10.1. The lowest BCUT2D eigenvalue weighted by Crippen LogP contribution is -2.52. The predicted octanol–water partition coefficient (Wildman–Crippen LogP) is 2.48. The van der Waals surface area contributed by atoms with E-state index < -0.39 is 18.1 Å². The number of thioether (sulfide) groups is 2. The highest BCUT2D eigenvalue weighted by molar-refractivity contribution is 7.99. The zero-order chi connectivity index (χ0) is 19.1. The van der Waals surface area contributed by atoms with Gasteiger partial charge in [0.2, 0.25) is 5.91 Å². The fourth-order valence-corrected chi connectivity index (χ4v) is 4.56. The number of carboxylic acids is 1. The molecule has 26 heavy (non-hydrogen) atoms. The second kappa shape index (κ2) is 9.68. The molecule has 0 saturated heterocycles. The maximum absolute atomic E-state index is 13.1. The predicted molar refractivity (Wildman–Crippen MR) is 106 cm³/mol. The van der Waals surface area contributed by atoms with Crippen LogP contribution in [0.2, 0.25) is 0 Å². The van der Waals surface area contributed by atoms with Crippen molar-refractivity contribution < 1.29 is 19.5 Å². The molecule has 8 heteroatoms. The van der Waals surface area contributed by atoms with E-state index in [1.54, 1.807) is 28.9 Å². The largest absolute Gasteiger partial charge is 0.480 e. The fourth-order valence-electron chi connectivity index (χ4n) is 2.90. The van der Waals surface area contributed by atoms with Gasteiger partial charge in [0.15, 0.2) is 6.29 Å². The third-order valence-corrected chi connectivity index (χ3v) is 6.10. The Bertz CT molecular complexity index is 701. The minimum atomic E-state index is -1.02. The number of carbonyl (C=O) groups is 3. The highest BCUT2D eigenvalue weighted by atomic mass is 32.2. The van der Waals surface area contributed by atoms with Gasteiger partial charge in [0.1, 0.15) is 12.1 Å². The summed E-state index contributed by atoms with van der Waals surface area (Å²) in [5, 5.41) is 9.63. The summed E-state index contributed by atoms with van der Waals surface area (Å²) in [7, 11) is 0. The molecule has 1 aromatic rings. The SMILES string of the molecule is C=CCSCC(C(=O)O)N1Cc2ccc(C=O)n2[C@H](CSCC=C)C1=O. The summed E-state index contributed by atoms with van der Waals surface area (Å²) in [5.41, 5.74) is 1.21. The molecule has 0 radical (unpaired) electrons.